The number of rotatable bonds is 6. The first-order valence-electron chi connectivity index (χ1n) is 7.75. The molecule has 1 N–H and O–H groups in total. The van der Waals surface area contributed by atoms with Crippen LogP contribution in [0.5, 0.6) is 0 Å². The normalized spacial score (nSPS) is 10.6. The number of nitrogens with one attached hydrogen (secondary N) is 1. The number of ether oxygens (including phenoxy) is 1. The van der Waals surface area contributed by atoms with Crippen molar-refractivity contribution in [1.29, 1.82) is 0 Å². The van der Waals surface area contributed by atoms with Gasteiger partial charge in [-0.15, -0.1) is 11.8 Å². The van der Waals surface area contributed by atoms with E-state index in [9.17, 15) is 9.59 Å². The lowest BCUT2D eigenvalue weighted by Gasteiger charge is -2.04. The number of fused-ring (bicyclic) bond motifs is 1. The number of hydrogen-bond donors (Lipinski definition) is 1. The van der Waals surface area contributed by atoms with Crippen molar-refractivity contribution in [3.63, 3.8) is 0 Å². The molecule has 0 aliphatic rings. The van der Waals surface area contributed by atoms with Crippen molar-refractivity contribution in [1.82, 2.24) is 5.32 Å². The van der Waals surface area contributed by atoms with Crippen LogP contribution in [0.25, 0.3) is 11.0 Å². The van der Waals surface area contributed by atoms with Crippen LogP contribution in [0, 0.1) is 0 Å². The molecule has 0 aliphatic carbocycles. The lowest BCUT2D eigenvalue weighted by molar-refractivity contribution is 0.0600. The Balaban J connectivity index is 1.47. The average molecular weight is 355 g/mol. The van der Waals surface area contributed by atoms with Gasteiger partial charge in [-0.1, -0.05) is 18.2 Å². The van der Waals surface area contributed by atoms with E-state index >= 15 is 0 Å². The Bertz CT molecular complexity index is 853. The molecule has 0 unspecified atom stereocenters. The molecule has 128 valence electrons. The number of carbonyl (C=O) groups excluding carboxylic acids is 2. The molecule has 0 spiro atoms. The average Bonchev–Trinajstić information content (AvgIpc) is 3.09. The van der Waals surface area contributed by atoms with E-state index in [1.165, 1.54) is 7.11 Å². The summed E-state index contributed by atoms with van der Waals surface area (Å²) in [5.41, 5.74) is 1.22. The van der Waals surface area contributed by atoms with Gasteiger partial charge < -0.3 is 14.5 Å². The fourth-order valence-electron chi connectivity index (χ4n) is 2.32. The van der Waals surface area contributed by atoms with Crippen LogP contribution in [-0.4, -0.2) is 31.3 Å². The fourth-order valence-corrected chi connectivity index (χ4v) is 3.09. The Morgan fingerprint density at radius 3 is 2.60 bits per heavy atom. The molecule has 5 nitrogen and oxygen atoms in total. The minimum Gasteiger partial charge on any atom is -0.465 e. The largest absolute Gasteiger partial charge is 0.465 e. The van der Waals surface area contributed by atoms with E-state index in [4.69, 9.17) is 4.42 Å². The number of methoxy groups -OCH3 is 1. The van der Waals surface area contributed by atoms with Crippen LogP contribution in [-0.2, 0) is 4.74 Å². The fraction of sp³-hybridized carbons (Fsp3) is 0.158. The number of para-hydroxylation sites is 1. The predicted molar refractivity (Wildman–Crippen MR) is 97.1 cm³/mol. The molecule has 0 fully saturated rings. The molecule has 0 radical (unpaired) electrons. The molecular weight excluding hydrogens is 338 g/mol. The van der Waals surface area contributed by atoms with Gasteiger partial charge in [0.2, 0.25) is 0 Å². The van der Waals surface area contributed by atoms with Gasteiger partial charge in [-0.05, 0) is 36.4 Å². The first-order valence-corrected chi connectivity index (χ1v) is 8.74. The SMILES string of the molecule is COC(=O)c1ccc(SCCNC(=O)c2cc3ccccc3o2)cc1. The number of furan rings is 1. The van der Waals surface area contributed by atoms with Crippen LogP contribution in [0.2, 0.25) is 0 Å². The maximum atomic E-state index is 12.1. The van der Waals surface area contributed by atoms with Gasteiger partial charge in [0.15, 0.2) is 5.76 Å². The van der Waals surface area contributed by atoms with Crippen LogP contribution in [0.1, 0.15) is 20.9 Å². The third kappa shape index (κ3) is 4.22. The monoisotopic (exact) mass is 355 g/mol. The predicted octanol–water partition coefficient (Wildman–Crippen LogP) is 3.74. The molecule has 0 aliphatic heterocycles. The first kappa shape index (κ1) is 17.1. The molecular formula is C19H17NO4S. The highest BCUT2D eigenvalue weighted by Crippen LogP contribution is 2.20. The summed E-state index contributed by atoms with van der Waals surface area (Å²) in [5.74, 6) is 0.449. The smallest absolute Gasteiger partial charge is 0.337 e. The van der Waals surface area contributed by atoms with Gasteiger partial charge in [0.25, 0.3) is 5.91 Å². The lowest BCUT2D eigenvalue weighted by atomic mass is 10.2. The minimum atomic E-state index is -0.352. The van der Waals surface area contributed by atoms with Gasteiger partial charge in [0, 0.05) is 22.6 Å². The third-order valence-corrected chi connectivity index (χ3v) is 4.59. The molecule has 1 amide bonds. The van der Waals surface area contributed by atoms with Crippen molar-refractivity contribution < 1.29 is 18.7 Å². The van der Waals surface area contributed by atoms with Crippen molar-refractivity contribution in [2.75, 3.05) is 19.4 Å². The molecule has 1 heterocycles. The molecule has 3 rings (SSSR count). The molecule has 6 heteroatoms. The molecule has 0 saturated heterocycles. The first-order chi connectivity index (χ1) is 12.2. The van der Waals surface area contributed by atoms with Gasteiger partial charge in [-0.25, -0.2) is 4.79 Å². The van der Waals surface area contributed by atoms with E-state index in [0.717, 1.165) is 10.3 Å². The Kier molecular flexibility index (Phi) is 5.40. The number of esters is 1. The maximum absolute atomic E-state index is 12.1. The summed E-state index contributed by atoms with van der Waals surface area (Å²) in [5, 5.41) is 3.75. The molecule has 2 aromatic carbocycles. The van der Waals surface area contributed by atoms with Crippen LogP contribution in [0.3, 0.4) is 0 Å². The number of thioether (sulfide) groups is 1. The molecule has 0 bridgehead atoms. The summed E-state index contributed by atoms with van der Waals surface area (Å²) in [7, 11) is 1.36. The van der Waals surface area contributed by atoms with E-state index in [1.54, 1.807) is 30.0 Å². The quantitative estimate of drug-likeness (QED) is 0.414. The zero-order chi connectivity index (χ0) is 17.6. The lowest BCUT2D eigenvalue weighted by Crippen LogP contribution is -2.25. The Morgan fingerprint density at radius 2 is 1.88 bits per heavy atom. The number of benzene rings is 2. The van der Waals surface area contributed by atoms with E-state index < -0.39 is 0 Å². The number of amides is 1. The van der Waals surface area contributed by atoms with Gasteiger partial charge in [0.1, 0.15) is 5.58 Å². The van der Waals surface area contributed by atoms with E-state index in [-0.39, 0.29) is 11.9 Å². The van der Waals surface area contributed by atoms with Crippen molar-refractivity contribution in [3.8, 4) is 0 Å². The molecule has 3 aromatic rings. The van der Waals surface area contributed by atoms with Gasteiger partial charge in [-0.3, -0.25) is 4.79 Å². The van der Waals surface area contributed by atoms with E-state index in [2.05, 4.69) is 10.1 Å². The molecule has 1 aromatic heterocycles. The van der Waals surface area contributed by atoms with Crippen molar-refractivity contribution in [3.05, 3.63) is 65.9 Å². The zero-order valence-electron chi connectivity index (χ0n) is 13.7. The van der Waals surface area contributed by atoms with Crippen molar-refractivity contribution in [2.24, 2.45) is 0 Å². The number of hydrogen-bond acceptors (Lipinski definition) is 5. The standard InChI is InChI=1S/C19H17NO4S/c1-23-19(22)13-6-8-15(9-7-13)25-11-10-20-18(21)17-12-14-4-2-3-5-16(14)24-17/h2-9,12H,10-11H2,1H3,(H,20,21). The van der Waals surface area contributed by atoms with Gasteiger partial charge in [0.05, 0.1) is 12.7 Å². The summed E-state index contributed by atoms with van der Waals surface area (Å²) in [4.78, 5) is 24.5. The summed E-state index contributed by atoms with van der Waals surface area (Å²) in [6.45, 7) is 0.513. The van der Waals surface area contributed by atoms with Crippen molar-refractivity contribution >= 4 is 34.6 Å². The van der Waals surface area contributed by atoms with Crippen molar-refractivity contribution in [2.45, 2.75) is 4.90 Å². The van der Waals surface area contributed by atoms with Crippen LogP contribution < -0.4 is 5.32 Å². The highest BCUT2D eigenvalue weighted by atomic mass is 32.2. The third-order valence-electron chi connectivity index (χ3n) is 3.58. The molecule has 0 saturated carbocycles. The summed E-state index contributed by atoms with van der Waals surface area (Å²) < 4.78 is 10.2. The highest BCUT2D eigenvalue weighted by molar-refractivity contribution is 7.99. The second kappa shape index (κ2) is 7.90. The van der Waals surface area contributed by atoms with Crippen LogP contribution in [0.15, 0.2) is 63.9 Å². The topological polar surface area (TPSA) is 68.5 Å². The molecule has 0 atom stereocenters. The summed E-state index contributed by atoms with van der Waals surface area (Å²) >= 11 is 1.59. The zero-order valence-corrected chi connectivity index (χ0v) is 14.5. The van der Waals surface area contributed by atoms with Crippen LogP contribution >= 0.6 is 11.8 Å². The van der Waals surface area contributed by atoms with Crippen LogP contribution in [0.4, 0.5) is 0 Å². The van der Waals surface area contributed by atoms with E-state index in [1.807, 2.05) is 36.4 Å². The minimum absolute atomic E-state index is 0.224. The van der Waals surface area contributed by atoms with Gasteiger partial charge in [-0.2, -0.15) is 0 Å². The van der Waals surface area contributed by atoms with Gasteiger partial charge >= 0.3 is 5.97 Å². The second-order valence-corrected chi connectivity index (χ2v) is 6.44. The Morgan fingerprint density at radius 1 is 1.12 bits per heavy atom. The summed E-state index contributed by atoms with van der Waals surface area (Å²) in [6.07, 6.45) is 0. The summed E-state index contributed by atoms with van der Waals surface area (Å²) in [6, 6.07) is 16.4. The maximum Gasteiger partial charge on any atom is 0.337 e. The Labute approximate surface area is 149 Å². The highest BCUT2D eigenvalue weighted by Gasteiger charge is 2.11. The second-order valence-electron chi connectivity index (χ2n) is 5.27. The Hall–Kier alpha value is -2.73. The number of carbonyl (C=O) groups is 2. The molecule has 25 heavy (non-hydrogen) atoms. The van der Waals surface area contributed by atoms with E-state index in [0.29, 0.717) is 29.2 Å².